The van der Waals surface area contributed by atoms with Gasteiger partial charge in [-0.05, 0) is 18.8 Å². The molecule has 0 amide bonds. The van der Waals surface area contributed by atoms with Crippen LogP contribution in [0, 0.1) is 5.92 Å². The SMILES string of the molecule is CCCn1[nH]c(CC(C)C)c(N)c1=O. The lowest BCUT2D eigenvalue weighted by atomic mass is 10.1. The van der Waals surface area contributed by atoms with Gasteiger partial charge in [0.15, 0.2) is 0 Å². The number of aryl methyl sites for hydroxylation is 1. The highest BCUT2D eigenvalue weighted by atomic mass is 16.1. The Labute approximate surface area is 84.1 Å². The first-order valence-corrected chi connectivity index (χ1v) is 5.13. The largest absolute Gasteiger partial charge is 0.393 e. The van der Waals surface area contributed by atoms with E-state index in [9.17, 15) is 4.79 Å². The van der Waals surface area contributed by atoms with Crippen molar-refractivity contribution in [3.8, 4) is 0 Å². The molecule has 14 heavy (non-hydrogen) atoms. The van der Waals surface area contributed by atoms with Crippen LogP contribution < -0.4 is 11.3 Å². The first-order chi connectivity index (χ1) is 6.56. The third-order valence-corrected chi connectivity index (χ3v) is 2.13. The zero-order valence-corrected chi connectivity index (χ0v) is 9.13. The molecule has 0 saturated carbocycles. The molecular weight excluding hydrogens is 178 g/mol. The molecule has 0 radical (unpaired) electrons. The van der Waals surface area contributed by atoms with Crippen molar-refractivity contribution < 1.29 is 0 Å². The quantitative estimate of drug-likeness (QED) is 0.765. The summed E-state index contributed by atoms with van der Waals surface area (Å²) in [7, 11) is 0. The first kappa shape index (κ1) is 10.9. The second kappa shape index (κ2) is 4.35. The summed E-state index contributed by atoms with van der Waals surface area (Å²) in [5.41, 5.74) is 6.89. The maximum absolute atomic E-state index is 11.6. The average Bonchev–Trinajstić information content (AvgIpc) is 2.34. The van der Waals surface area contributed by atoms with Crippen LogP contribution in [-0.4, -0.2) is 9.78 Å². The predicted molar refractivity (Wildman–Crippen MR) is 58.3 cm³/mol. The molecule has 0 atom stereocenters. The van der Waals surface area contributed by atoms with E-state index in [1.54, 1.807) is 4.68 Å². The van der Waals surface area contributed by atoms with Gasteiger partial charge in [0, 0.05) is 6.54 Å². The van der Waals surface area contributed by atoms with Crippen molar-refractivity contribution in [1.29, 1.82) is 0 Å². The topological polar surface area (TPSA) is 63.8 Å². The monoisotopic (exact) mass is 197 g/mol. The molecule has 3 N–H and O–H groups in total. The molecule has 0 aliphatic carbocycles. The highest BCUT2D eigenvalue weighted by Crippen LogP contribution is 2.09. The molecule has 0 aliphatic rings. The van der Waals surface area contributed by atoms with Crippen molar-refractivity contribution in [3.63, 3.8) is 0 Å². The van der Waals surface area contributed by atoms with Crippen molar-refractivity contribution in [1.82, 2.24) is 9.78 Å². The van der Waals surface area contributed by atoms with E-state index in [1.165, 1.54) is 0 Å². The number of rotatable bonds is 4. The first-order valence-electron chi connectivity index (χ1n) is 5.13. The van der Waals surface area contributed by atoms with E-state index >= 15 is 0 Å². The Bertz CT molecular complexity index is 349. The normalized spacial score (nSPS) is 11.1. The number of H-pyrrole nitrogens is 1. The molecule has 0 bridgehead atoms. The van der Waals surface area contributed by atoms with Gasteiger partial charge in [-0.25, -0.2) is 0 Å². The minimum absolute atomic E-state index is 0.0810. The third-order valence-electron chi connectivity index (χ3n) is 2.13. The highest BCUT2D eigenvalue weighted by Gasteiger charge is 2.11. The molecule has 0 fully saturated rings. The minimum Gasteiger partial charge on any atom is -0.393 e. The third kappa shape index (κ3) is 2.19. The Balaban J connectivity index is 2.96. The van der Waals surface area contributed by atoms with E-state index in [2.05, 4.69) is 18.9 Å². The summed E-state index contributed by atoms with van der Waals surface area (Å²) in [4.78, 5) is 11.6. The van der Waals surface area contributed by atoms with Crippen molar-refractivity contribution in [2.75, 3.05) is 5.73 Å². The molecule has 1 heterocycles. The van der Waals surface area contributed by atoms with Gasteiger partial charge in [-0.2, -0.15) is 0 Å². The summed E-state index contributed by atoms with van der Waals surface area (Å²) in [6, 6.07) is 0. The van der Waals surface area contributed by atoms with Gasteiger partial charge in [-0.1, -0.05) is 20.8 Å². The minimum atomic E-state index is -0.0810. The Morgan fingerprint density at radius 2 is 2.14 bits per heavy atom. The van der Waals surface area contributed by atoms with Gasteiger partial charge in [0.1, 0.15) is 5.69 Å². The van der Waals surface area contributed by atoms with Gasteiger partial charge >= 0.3 is 0 Å². The van der Waals surface area contributed by atoms with Crippen LogP contribution in [0.25, 0.3) is 0 Å². The second-order valence-corrected chi connectivity index (χ2v) is 4.06. The van der Waals surface area contributed by atoms with Gasteiger partial charge in [0.25, 0.3) is 5.56 Å². The van der Waals surface area contributed by atoms with Gasteiger partial charge in [-0.3, -0.25) is 14.6 Å². The van der Waals surface area contributed by atoms with Crippen LogP contribution >= 0.6 is 0 Å². The molecule has 0 saturated heterocycles. The van der Waals surface area contributed by atoms with Crippen LogP contribution in [0.3, 0.4) is 0 Å². The van der Waals surface area contributed by atoms with Crippen LogP contribution in [0.2, 0.25) is 0 Å². The highest BCUT2D eigenvalue weighted by molar-refractivity contribution is 5.40. The summed E-state index contributed by atoms with van der Waals surface area (Å²) in [6.45, 7) is 6.95. The molecule has 1 aromatic heterocycles. The molecule has 0 spiro atoms. The van der Waals surface area contributed by atoms with E-state index in [4.69, 9.17) is 5.73 Å². The Morgan fingerprint density at radius 3 is 2.64 bits per heavy atom. The van der Waals surface area contributed by atoms with Crippen LogP contribution in [-0.2, 0) is 13.0 Å². The summed E-state index contributed by atoms with van der Waals surface area (Å²) in [5.74, 6) is 0.505. The maximum Gasteiger partial charge on any atom is 0.289 e. The molecule has 0 unspecified atom stereocenters. The molecule has 80 valence electrons. The smallest absolute Gasteiger partial charge is 0.289 e. The number of nitrogens with two attached hydrogens (primary N) is 1. The molecule has 1 rings (SSSR count). The average molecular weight is 197 g/mol. The Morgan fingerprint density at radius 1 is 1.50 bits per heavy atom. The Kier molecular flexibility index (Phi) is 3.38. The number of hydrogen-bond donors (Lipinski definition) is 2. The summed E-state index contributed by atoms with van der Waals surface area (Å²) in [5, 5.41) is 3.06. The fourth-order valence-corrected chi connectivity index (χ4v) is 1.49. The van der Waals surface area contributed by atoms with Crippen molar-refractivity contribution in [2.45, 2.75) is 40.2 Å². The fraction of sp³-hybridized carbons (Fsp3) is 0.700. The van der Waals surface area contributed by atoms with Crippen molar-refractivity contribution in [2.24, 2.45) is 5.92 Å². The van der Waals surface area contributed by atoms with Crippen LogP contribution in [0.1, 0.15) is 32.9 Å². The fourth-order valence-electron chi connectivity index (χ4n) is 1.49. The van der Waals surface area contributed by atoms with Gasteiger partial charge < -0.3 is 5.73 Å². The molecule has 4 nitrogen and oxygen atoms in total. The number of hydrogen-bond acceptors (Lipinski definition) is 2. The van der Waals surface area contributed by atoms with Crippen molar-refractivity contribution >= 4 is 5.69 Å². The summed E-state index contributed by atoms with van der Waals surface area (Å²) < 4.78 is 1.59. The van der Waals surface area contributed by atoms with Crippen LogP contribution in [0.15, 0.2) is 4.79 Å². The van der Waals surface area contributed by atoms with Crippen LogP contribution in [0.4, 0.5) is 5.69 Å². The number of aromatic amines is 1. The molecule has 0 aromatic carbocycles. The zero-order chi connectivity index (χ0) is 10.7. The lowest BCUT2D eigenvalue weighted by Gasteiger charge is -2.02. The predicted octanol–water partition coefficient (Wildman–Crippen LogP) is 1.37. The van der Waals surface area contributed by atoms with E-state index in [0.717, 1.165) is 18.5 Å². The van der Waals surface area contributed by atoms with E-state index in [1.807, 2.05) is 6.92 Å². The summed E-state index contributed by atoms with van der Waals surface area (Å²) >= 11 is 0. The zero-order valence-electron chi connectivity index (χ0n) is 9.13. The molecule has 4 heteroatoms. The molecule has 1 aromatic rings. The number of aromatic nitrogens is 2. The maximum atomic E-state index is 11.6. The molecular formula is C10H19N3O. The number of nitrogens with one attached hydrogen (secondary N) is 1. The lowest BCUT2D eigenvalue weighted by Crippen LogP contribution is -2.18. The number of anilines is 1. The summed E-state index contributed by atoms with van der Waals surface area (Å²) in [6.07, 6.45) is 1.76. The van der Waals surface area contributed by atoms with E-state index in [0.29, 0.717) is 18.2 Å². The van der Waals surface area contributed by atoms with E-state index < -0.39 is 0 Å². The van der Waals surface area contributed by atoms with E-state index in [-0.39, 0.29) is 5.56 Å². The second-order valence-electron chi connectivity index (χ2n) is 4.06. The Hall–Kier alpha value is -1.19. The van der Waals surface area contributed by atoms with Gasteiger partial charge in [-0.15, -0.1) is 0 Å². The number of nitrogens with zero attached hydrogens (tertiary/aromatic N) is 1. The standard InChI is InChI=1S/C10H19N3O/c1-4-5-13-10(14)9(11)8(12-13)6-7(2)3/h7,12H,4-6,11H2,1-3H3. The number of nitrogen functional groups attached to an aromatic ring is 1. The van der Waals surface area contributed by atoms with Gasteiger partial charge in [0.2, 0.25) is 0 Å². The van der Waals surface area contributed by atoms with Gasteiger partial charge in [0.05, 0.1) is 5.69 Å². The van der Waals surface area contributed by atoms with Crippen LogP contribution in [0.5, 0.6) is 0 Å². The lowest BCUT2D eigenvalue weighted by molar-refractivity contribution is 0.562. The molecule has 0 aliphatic heterocycles. The van der Waals surface area contributed by atoms with Crippen molar-refractivity contribution in [3.05, 3.63) is 16.0 Å².